The molecule has 1 rings (SSSR count). The second-order valence-corrected chi connectivity index (χ2v) is 4.15. The zero-order chi connectivity index (χ0) is 8.48. The normalized spacial score (nSPS) is 21.2. The molecule has 11 heavy (non-hydrogen) atoms. The fourth-order valence-corrected chi connectivity index (χ4v) is 2.09. The zero-order valence-electron chi connectivity index (χ0n) is 6.40. The first-order chi connectivity index (χ1) is 5.09. The van der Waals surface area contributed by atoms with Gasteiger partial charge in [0.15, 0.2) is 16.1 Å². The molecule has 0 aromatic rings. The van der Waals surface area contributed by atoms with E-state index in [4.69, 9.17) is 9.47 Å². The van der Waals surface area contributed by atoms with Crippen LogP contribution in [0.1, 0.15) is 0 Å². The van der Waals surface area contributed by atoms with Crippen molar-refractivity contribution in [2.24, 2.45) is 0 Å². The van der Waals surface area contributed by atoms with E-state index in [9.17, 15) is 8.42 Å². The van der Waals surface area contributed by atoms with Gasteiger partial charge in [-0.15, -0.1) is 0 Å². The molecule has 0 amide bonds. The predicted octanol–water partition coefficient (Wildman–Crippen LogP) is -0.0824. The highest BCUT2D eigenvalue weighted by Crippen LogP contribution is 2.21. The second kappa shape index (κ2) is 2.92. The number of hydrogen-bond acceptors (Lipinski definition) is 4. The van der Waals surface area contributed by atoms with E-state index in [1.54, 1.807) is 0 Å². The molecular formula is C6H10O4S. The van der Waals surface area contributed by atoms with E-state index < -0.39 is 16.1 Å². The lowest BCUT2D eigenvalue weighted by Gasteiger charge is -2.21. The maximum Gasteiger partial charge on any atom is 0.181 e. The number of hydrogen-bond donors (Lipinski definition) is 0. The molecule has 0 aromatic carbocycles. The minimum Gasteiger partial charge on any atom is -0.352 e. The van der Waals surface area contributed by atoms with Gasteiger partial charge < -0.3 is 9.47 Å². The number of ether oxygens (including phenoxy) is 2. The molecule has 0 unspecified atom stereocenters. The Hall–Kier alpha value is -0.390. The first kappa shape index (κ1) is 8.70. The maximum atomic E-state index is 10.6. The van der Waals surface area contributed by atoms with Crippen LogP contribution in [0.3, 0.4) is 0 Å². The Kier molecular flexibility index (Phi) is 2.31. The van der Waals surface area contributed by atoms with Gasteiger partial charge >= 0.3 is 0 Å². The van der Waals surface area contributed by atoms with Crippen molar-refractivity contribution in [1.82, 2.24) is 0 Å². The monoisotopic (exact) mass is 178 g/mol. The highest BCUT2D eigenvalue weighted by atomic mass is 32.2. The van der Waals surface area contributed by atoms with E-state index in [-0.39, 0.29) is 5.75 Å². The molecule has 0 spiro atoms. The standard InChI is InChI=1S/C6H10O4S/c1-9-6(10-2)5-3-11(7,8)4-5/h3,6H,4H2,1-2H3. The Morgan fingerprint density at radius 2 is 1.91 bits per heavy atom. The van der Waals surface area contributed by atoms with Crippen LogP contribution in [0.15, 0.2) is 11.0 Å². The highest BCUT2D eigenvalue weighted by Gasteiger charge is 2.28. The lowest BCUT2D eigenvalue weighted by molar-refractivity contribution is -0.0748. The molecule has 0 fully saturated rings. The van der Waals surface area contributed by atoms with Crippen molar-refractivity contribution in [3.8, 4) is 0 Å². The van der Waals surface area contributed by atoms with Crippen molar-refractivity contribution >= 4 is 9.84 Å². The average molecular weight is 178 g/mol. The fraction of sp³-hybridized carbons (Fsp3) is 0.667. The topological polar surface area (TPSA) is 52.6 Å². The molecule has 0 aliphatic carbocycles. The van der Waals surface area contributed by atoms with Gasteiger partial charge in [-0.1, -0.05) is 0 Å². The van der Waals surface area contributed by atoms with Gasteiger partial charge in [0, 0.05) is 25.2 Å². The fourth-order valence-electron chi connectivity index (χ4n) is 0.962. The summed E-state index contributed by atoms with van der Waals surface area (Å²) in [5, 5.41) is 1.19. The van der Waals surface area contributed by atoms with E-state index in [1.807, 2.05) is 0 Å². The lowest BCUT2D eigenvalue weighted by atomic mass is 10.3. The minimum atomic E-state index is -2.92. The Labute approximate surface area is 65.7 Å². The van der Waals surface area contributed by atoms with Crippen molar-refractivity contribution in [2.45, 2.75) is 6.29 Å². The predicted molar refractivity (Wildman–Crippen MR) is 39.7 cm³/mol. The van der Waals surface area contributed by atoms with E-state index in [2.05, 4.69) is 0 Å². The summed E-state index contributed by atoms with van der Waals surface area (Å²) in [4.78, 5) is 0. The molecule has 0 N–H and O–H groups in total. The van der Waals surface area contributed by atoms with Crippen LogP contribution in [0.5, 0.6) is 0 Å². The molecule has 0 saturated heterocycles. The largest absolute Gasteiger partial charge is 0.352 e. The molecule has 0 saturated carbocycles. The minimum absolute atomic E-state index is 0.0549. The molecule has 1 aliphatic rings. The quantitative estimate of drug-likeness (QED) is 0.567. The van der Waals surface area contributed by atoms with Crippen LogP contribution in [0.2, 0.25) is 0 Å². The summed E-state index contributed by atoms with van der Waals surface area (Å²) in [5.74, 6) is 0.0549. The van der Waals surface area contributed by atoms with Gasteiger partial charge in [-0.3, -0.25) is 0 Å². The summed E-state index contributed by atoms with van der Waals surface area (Å²) in [7, 11) is 0.0264. The Morgan fingerprint density at radius 3 is 2.18 bits per heavy atom. The van der Waals surface area contributed by atoms with Crippen LogP contribution in [-0.2, 0) is 19.3 Å². The SMILES string of the molecule is COC(OC)C1=CS(=O)(=O)C1. The number of sulfone groups is 1. The van der Waals surface area contributed by atoms with Crippen LogP contribution in [0.25, 0.3) is 0 Å². The van der Waals surface area contributed by atoms with Gasteiger partial charge in [0.2, 0.25) is 0 Å². The van der Waals surface area contributed by atoms with Crippen molar-refractivity contribution in [1.29, 1.82) is 0 Å². The maximum absolute atomic E-state index is 10.6. The summed E-state index contributed by atoms with van der Waals surface area (Å²) in [6.45, 7) is 0. The van der Waals surface area contributed by atoms with Crippen LogP contribution >= 0.6 is 0 Å². The third-order valence-corrected chi connectivity index (χ3v) is 2.83. The van der Waals surface area contributed by atoms with Gasteiger partial charge in [0.05, 0.1) is 5.75 Å². The smallest absolute Gasteiger partial charge is 0.181 e. The molecule has 0 atom stereocenters. The number of rotatable bonds is 3. The molecular weight excluding hydrogens is 168 g/mol. The van der Waals surface area contributed by atoms with Gasteiger partial charge in [0.25, 0.3) is 0 Å². The van der Waals surface area contributed by atoms with Crippen molar-refractivity contribution in [3.05, 3.63) is 11.0 Å². The summed E-state index contributed by atoms with van der Waals surface area (Å²) in [5.41, 5.74) is 0.676. The molecule has 64 valence electrons. The summed E-state index contributed by atoms with van der Waals surface area (Å²) >= 11 is 0. The van der Waals surface area contributed by atoms with Gasteiger partial charge in [-0.25, -0.2) is 8.42 Å². The summed E-state index contributed by atoms with van der Waals surface area (Å²) in [6, 6.07) is 0. The van der Waals surface area contributed by atoms with Crippen LogP contribution in [0, 0.1) is 0 Å². The molecule has 0 radical (unpaired) electrons. The van der Waals surface area contributed by atoms with Crippen molar-refractivity contribution in [2.75, 3.05) is 20.0 Å². The zero-order valence-corrected chi connectivity index (χ0v) is 7.22. The average Bonchev–Trinajstić information content (AvgIpc) is 1.86. The molecule has 4 nitrogen and oxygen atoms in total. The first-order valence-corrected chi connectivity index (χ1v) is 4.79. The summed E-state index contributed by atoms with van der Waals surface area (Å²) in [6.07, 6.45) is -0.501. The molecule has 5 heteroatoms. The molecule has 1 aliphatic heterocycles. The third-order valence-electron chi connectivity index (χ3n) is 1.43. The van der Waals surface area contributed by atoms with E-state index in [0.717, 1.165) is 0 Å². The Morgan fingerprint density at radius 1 is 1.45 bits per heavy atom. The van der Waals surface area contributed by atoms with Crippen LogP contribution in [0.4, 0.5) is 0 Å². The van der Waals surface area contributed by atoms with E-state index >= 15 is 0 Å². The van der Waals surface area contributed by atoms with Crippen molar-refractivity contribution in [3.63, 3.8) is 0 Å². The second-order valence-electron chi connectivity index (χ2n) is 2.30. The third kappa shape index (κ3) is 1.79. The molecule has 1 heterocycles. The first-order valence-electron chi connectivity index (χ1n) is 3.08. The van der Waals surface area contributed by atoms with Gasteiger partial charge in [-0.2, -0.15) is 0 Å². The lowest BCUT2D eigenvalue weighted by Crippen LogP contribution is -2.28. The summed E-state index contributed by atoms with van der Waals surface area (Å²) < 4.78 is 31.0. The van der Waals surface area contributed by atoms with Gasteiger partial charge in [-0.05, 0) is 0 Å². The van der Waals surface area contributed by atoms with Gasteiger partial charge in [0.1, 0.15) is 0 Å². The van der Waals surface area contributed by atoms with E-state index in [1.165, 1.54) is 19.6 Å². The Balaban J connectivity index is 2.66. The highest BCUT2D eigenvalue weighted by molar-refractivity contribution is 7.95. The van der Waals surface area contributed by atoms with E-state index in [0.29, 0.717) is 5.57 Å². The van der Waals surface area contributed by atoms with Crippen LogP contribution < -0.4 is 0 Å². The van der Waals surface area contributed by atoms with Crippen molar-refractivity contribution < 1.29 is 17.9 Å². The van der Waals surface area contributed by atoms with Crippen LogP contribution in [-0.4, -0.2) is 34.7 Å². The number of methoxy groups -OCH3 is 2. The molecule has 0 aromatic heterocycles. The Bertz CT molecular complexity index is 260. The molecule has 0 bridgehead atoms.